The van der Waals surface area contributed by atoms with Gasteiger partial charge >= 0.3 is 0 Å². The van der Waals surface area contributed by atoms with Gasteiger partial charge in [0, 0.05) is 0 Å². The van der Waals surface area contributed by atoms with Crippen molar-refractivity contribution in [1.82, 2.24) is 0 Å². The molecule has 6 nitrogen and oxygen atoms in total. The highest BCUT2D eigenvalue weighted by Gasteiger charge is 2.14. The fourth-order valence-electron chi connectivity index (χ4n) is 3.55. The van der Waals surface area contributed by atoms with Crippen molar-refractivity contribution in [2.45, 2.75) is 70.1 Å². The smallest absolute Gasteiger partial charge is 0.297 e. The van der Waals surface area contributed by atoms with E-state index < -0.39 is 10.1 Å². The molecule has 0 spiro atoms. The Labute approximate surface area is 212 Å². The van der Waals surface area contributed by atoms with Crippen molar-refractivity contribution in [2.75, 3.05) is 39.6 Å². The Morgan fingerprint density at radius 3 is 1.89 bits per heavy atom. The maximum absolute atomic E-state index is 12.1. The summed E-state index contributed by atoms with van der Waals surface area (Å²) in [6, 6.07) is 14.9. The summed E-state index contributed by atoms with van der Waals surface area (Å²) in [5.74, 6) is 0.847. The summed E-state index contributed by atoms with van der Waals surface area (Å²) in [6.07, 6.45) is 10.4. The monoisotopic (exact) mass is 506 g/mol. The van der Waals surface area contributed by atoms with Gasteiger partial charge in [-0.2, -0.15) is 8.42 Å². The molecule has 196 valence electrons. The third-order valence-corrected chi connectivity index (χ3v) is 6.96. The van der Waals surface area contributed by atoms with Crippen LogP contribution in [0.3, 0.4) is 0 Å². The Kier molecular flexibility index (Phi) is 14.6. The molecule has 0 saturated carbocycles. The van der Waals surface area contributed by atoms with Crippen molar-refractivity contribution in [1.29, 1.82) is 0 Å². The summed E-state index contributed by atoms with van der Waals surface area (Å²) in [5.41, 5.74) is 2.35. The van der Waals surface area contributed by atoms with Gasteiger partial charge in [0.25, 0.3) is 10.1 Å². The largest absolute Gasteiger partial charge is 0.491 e. The number of benzene rings is 2. The summed E-state index contributed by atoms with van der Waals surface area (Å²) >= 11 is 0. The third-order valence-electron chi connectivity index (χ3n) is 5.64. The molecule has 0 amide bonds. The molecule has 7 heteroatoms. The molecule has 0 atom stereocenters. The number of aryl methyl sites for hydroxylation is 2. The molecule has 0 aromatic heterocycles. The van der Waals surface area contributed by atoms with E-state index in [4.69, 9.17) is 18.4 Å². The van der Waals surface area contributed by atoms with Crippen LogP contribution in [0.1, 0.15) is 63.0 Å². The van der Waals surface area contributed by atoms with E-state index in [1.807, 2.05) is 19.1 Å². The van der Waals surface area contributed by atoms with Crippen LogP contribution in [0.5, 0.6) is 5.75 Å². The molecule has 0 N–H and O–H groups in total. The number of unbranched alkanes of at least 4 members (excludes halogenated alkanes) is 6. The Morgan fingerprint density at radius 1 is 0.657 bits per heavy atom. The molecule has 35 heavy (non-hydrogen) atoms. The molecule has 0 fully saturated rings. The van der Waals surface area contributed by atoms with Gasteiger partial charge in [0.2, 0.25) is 0 Å². The van der Waals surface area contributed by atoms with E-state index in [0.29, 0.717) is 26.4 Å². The quantitative estimate of drug-likeness (QED) is 0.159. The maximum Gasteiger partial charge on any atom is 0.297 e. The molecule has 2 aromatic rings. The van der Waals surface area contributed by atoms with Crippen LogP contribution in [-0.4, -0.2) is 48.1 Å². The van der Waals surface area contributed by atoms with E-state index in [2.05, 4.69) is 19.1 Å². The number of hydrogen-bond acceptors (Lipinski definition) is 6. The highest BCUT2D eigenvalue weighted by atomic mass is 32.2. The maximum atomic E-state index is 12.1. The van der Waals surface area contributed by atoms with Crippen LogP contribution < -0.4 is 4.74 Å². The zero-order valence-electron chi connectivity index (χ0n) is 21.4. The van der Waals surface area contributed by atoms with Crippen LogP contribution in [0, 0.1) is 6.92 Å². The molecule has 0 aliphatic rings. The predicted molar refractivity (Wildman–Crippen MR) is 140 cm³/mol. The Balaban J connectivity index is 1.44. The highest BCUT2D eigenvalue weighted by molar-refractivity contribution is 7.86. The first-order valence-electron chi connectivity index (χ1n) is 12.8. The number of ether oxygens (including phenoxy) is 3. The molecular formula is C28H42O6S. The summed E-state index contributed by atoms with van der Waals surface area (Å²) in [5, 5.41) is 0. The fourth-order valence-corrected chi connectivity index (χ4v) is 4.45. The SMILES string of the molecule is CCCCCCCCCc1ccc(OCCOCCOCCOS(=O)(=O)c2ccc(C)cc2)cc1. The first-order valence-corrected chi connectivity index (χ1v) is 14.3. The summed E-state index contributed by atoms with van der Waals surface area (Å²) in [6.45, 7) is 5.99. The lowest BCUT2D eigenvalue weighted by Crippen LogP contribution is -2.14. The minimum absolute atomic E-state index is 0.0335. The van der Waals surface area contributed by atoms with Gasteiger partial charge in [-0.25, -0.2) is 0 Å². The Hall–Kier alpha value is -1.93. The molecule has 0 radical (unpaired) electrons. The molecule has 2 rings (SSSR count). The van der Waals surface area contributed by atoms with Crippen molar-refractivity contribution in [3.05, 3.63) is 59.7 Å². The summed E-state index contributed by atoms with van der Waals surface area (Å²) in [4.78, 5) is 0.147. The topological polar surface area (TPSA) is 71.1 Å². The molecule has 0 saturated heterocycles. The minimum Gasteiger partial charge on any atom is -0.491 e. The normalized spacial score (nSPS) is 11.6. The minimum atomic E-state index is -3.75. The van der Waals surface area contributed by atoms with E-state index in [1.54, 1.807) is 12.1 Å². The van der Waals surface area contributed by atoms with Crippen LogP contribution in [0.4, 0.5) is 0 Å². The average Bonchev–Trinajstić information content (AvgIpc) is 2.85. The van der Waals surface area contributed by atoms with Gasteiger partial charge in [0.15, 0.2) is 0 Å². The predicted octanol–water partition coefficient (Wildman–Crippen LogP) is 6.11. The average molecular weight is 507 g/mol. The van der Waals surface area contributed by atoms with E-state index in [-0.39, 0.29) is 18.1 Å². The number of hydrogen-bond donors (Lipinski definition) is 0. The van der Waals surface area contributed by atoms with E-state index in [1.165, 1.54) is 62.6 Å². The zero-order chi connectivity index (χ0) is 25.2. The molecule has 0 heterocycles. The van der Waals surface area contributed by atoms with Crippen molar-refractivity contribution in [3.8, 4) is 5.75 Å². The van der Waals surface area contributed by atoms with Gasteiger partial charge in [0.05, 0.1) is 37.9 Å². The molecule has 0 bridgehead atoms. The second-order valence-electron chi connectivity index (χ2n) is 8.68. The first-order chi connectivity index (χ1) is 17.0. The van der Waals surface area contributed by atoms with Gasteiger partial charge in [-0.15, -0.1) is 0 Å². The zero-order valence-corrected chi connectivity index (χ0v) is 22.2. The Bertz CT molecular complexity index is 894. The van der Waals surface area contributed by atoms with Crippen LogP contribution >= 0.6 is 0 Å². The second kappa shape index (κ2) is 17.5. The van der Waals surface area contributed by atoms with Crippen LogP contribution in [0.25, 0.3) is 0 Å². The lowest BCUT2D eigenvalue weighted by Gasteiger charge is -2.09. The van der Waals surface area contributed by atoms with E-state index in [0.717, 1.165) is 17.7 Å². The third kappa shape index (κ3) is 13.1. The molecule has 0 aliphatic carbocycles. The summed E-state index contributed by atoms with van der Waals surface area (Å²) in [7, 11) is -3.75. The van der Waals surface area contributed by atoms with Crippen molar-refractivity contribution < 1.29 is 26.8 Å². The fraction of sp³-hybridized carbons (Fsp3) is 0.571. The Morgan fingerprint density at radius 2 is 1.23 bits per heavy atom. The van der Waals surface area contributed by atoms with Crippen LogP contribution in [0.15, 0.2) is 53.4 Å². The van der Waals surface area contributed by atoms with Gasteiger partial charge in [-0.1, -0.05) is 75.3 Å². The van der Waals surface area contributed by atoms with E-state index >= 15 is 0 Å². The van der Waals surface area contributed by atoms with Gasteiger partial charge in [-0.3, -0.25) is 4.18 Å². The molecule has 0 aliphatic heterocycles. The van der Waals surface area contributed by atoms with Crippen molar-refractivity contribution in [3.63, 3.8) is 0 Å². The molecular weight excluding hydrogens is 464 g/mol. The highest BCUT2D eigenvalue weighted by Crippen LogP contribution is 2.15. The lowest BCUT2D eigenvalue weighted by molar-refractivity contribution is 0.0279. The first kappa shape index (κ1) is 29.3. The standard InChI is InChI=1S/C28H42O6S/c1-3-4-5-6-7-8-9-10-26-13-15-27(16-14-26)33-23-21-31-19-20-32-22-24-34-35(29,30)28-17-11-25(2)12-18-28/h11-18H,3-10,19-24H2,1-2H3. The lowest BCUT2D eigenvalue weighted by atomic mass is 10.0. The van der Waals surface area contributed by atoms with E-state index in [9.17, 15) is 8.42 Å². The van der Waals surface area contributed by atoms with Crippen LogP contribution in [0.2, 0.25) is 0 Å². The van der Waals surface area contributed by atoms with Gasteiger partial charge < -0.3 is 14.2 Å². The van der Waals surface area contributed by atoms with Gasteiger partial charge in [0.1, 0.15) is 12.4 Å². The van der Waals surface area contributed by atoms with Gasteiger partial charge in [-0.05, 0) is 49.6 Å². The van der Waals surface area contributed by atoms with Crippen molar-refractivity contribution in [2.24, 2.45) is 0 Å². The molecule has 2 aromatic carbocycles. The summed E-state index contributed by atoms with van der Waals surface area (Å²) < 4.78 is 45.7. The molecule has 0 unspecified atom stereocenters. The van der Waals surface area contributed by atoms with Crippen molar-refractivity contribution >= 4 is 10.1 Å². The number of rotatable bonds is 20. The van der Waals surface area contributed by atoms with Crippen LogP contribution in [-0.2, 0) is 30.2 Å². The second-order valence-corrected chi connectivity index (χ2v) is 10.3.